The SMILES string of the molecule is O=[N+]([O-])c1ccc(N2CCN(C(c3ccccc3F)c3nnnn3Cc3ccco3)CC2)cc1. The lowest BCUT2D eigenvalue weighted by Gasteiger charge is -2.39. The number of tetrazole rings is 1. The first kappa shape index (κ1) is 21.7. The zero-order valence-corrected chi connectivity index (χ0v) is 18.2. The van der Waals surface area contributed by atoms with Crippen LogP contribution in [0.3, 0.4) is 0 Å². The van der Waals surface area contributed by atoms with Crippen molar-refractivity contribution in [1.29, 1.82) is 0 Å². The third kappa shape index (κ3) is 4.37. The van der Waals surface area contributed by atoms with Crippen molar-refractivity contribution in [2.24, 2.45) is 0 Å². The average Bonchev–Trinajstić information content (AvgIpc) is 3.54. The number of halogens is 1. The number of benzene rings is 2. The molecule has 0 saturated carbocycles. The summed E-state index contributed by atoms with van der Waals surface area (Å²) in [6, 6.07) is 16.3. The van der Waals surface area contributed by atoms with Crippen LogP contribution < -0.4 is 4.90 Å². The Labute approximate surface area is 194 Å². The van der Waals surface area contributed by atoms with Crippen molar-refractivity contribution in [3.05, 3.63) is 100 Å². The molecule has 1 fully saturated rings. The Morgan fingerprint density at radius 3 is 2.47 bits per heavy atom. The second-order valence-electron chi connectivity index (χ2n) is 7.99. The molecule has 2 aromatic carbocycles. The Morgan fingerprint density at radius 2 is 1.79 bits per heavy atom. The standard InChI is InChI=1S/C23H22FN7O3/c24-21-6-2-1-5-20(21)22(23-25-26-27-30(23)16-19-4-3-15-34-19)29-13-11-28(12-14-29)17-7-9-18(10-8-17)31(32)33/h1-10,15,22H,11-14,16H2. The van der Waals surface area contributed by atoms with Gasteiger partial charge in [-0.1, -0.05) is 18.2 Å². The molecule has 10 nitrogen and oxygen atoms in total. The van der Waals surface area contributed by atoms with E-state index < -0.39 is 11.0 Å². The molecule has 1 atom stereocenters. The average molecular weight is 463 g/mol. The van der Waals surface area contributed by atoms with Gasteiger partial charge in [0.25, 0.3) is 5.69 Å². The van der Waals surface area contributed by atoms with Crippen molar-refractivity contribution in [2.75, 3.05) is 31.1 Å². The topological polar surface area (TPSA) is 106 Å². The molecular formula is C23H22FN7O3. The summed E-state index contributed by atoms with van der Waals surface area (Å²) >= 11 is 0. The van der Waals surface area contributed by atoms with Crippen LogP contribution in [0.25, 0.3) is 0 Å². The lowest BCUT2D eigenvalue weighted by Crippen LogP contribution is -2.48. The van der Waals surface area contributed by atoms with Gasteiger partial charge in [0.1, 0.15) is 24.2 Å². The van der Waals surface area contributed by atoms with Gasteiger partial charge in [-0.3, -0.25) is 15.0 Å². The predicted octanol–water partition coefficient (Wildman–Crippen LogP) is 3.27. The Hall–Kier alpha value is -4.12. The number of nitro groups is 1. The third-order valence-electron chi connectivity index (χ3n) is 5.99. The van der Waals surface area contributed by atoms with E-state index in [9.17, 15) is 14.5 Å². The van der Waals surface area contributed by atoms with Crippen LogP contribution in [0.2, 0.25) is 0 Å². The summed E-state index contributed by atoms with van der Waals surface area (Å²) in [5, 5.41) is 23.2. The summed E-state index contributed by atoms with van der Waals surface area (Å²) in [5.74, 6) is 0.909. The van der Waals surface area contributed by atoms with Crippen molar-refractivity contribution in [2.45, 2.75) is 12.6 Å². The van der Waals surface area contributed by atoms with E-state index in [1.165, 1.54) is 18.2 Å². The van der Waals surface area contributed by atoms with Crippen LogP contribution in [0, 0.1) is 15.9 Å². The van der Waals surface area contributed by atoms with E-state index in [0.29, 0.717) is 49.9 Å². The van der Waals surface area contributed by atoms with Crippen LogP contribution >= 0.6 is 0 Å². The molecule has 0 N–H and O–H groups in total. The van der Waals surface area contributed by atoms with Crippen LogP contribution in [0.1, 0.15) is 23.2 Å². The zero-order valence-electron chi connectivity index (χ0n) is 18.2. The van der Waals surface area contributed by atoms with E-state index in [4.69, 9.17) is 4.42 Å². The van der Waals surface area contributed by atoms with Crippen LogP contribution in [0.4, 0.5) is 15.8 Å². The lowest BCUT2D eigenvalue weighted by molar-refractivity contribution is -0.384. The van der Waals surface area contributed by atoms with Gasteiger partial charge in [-0.2, -0.15) is 0 Å². The predicted molar refractivity (Wildman–Crippen MR) is 121 cm³/mol. The zero-order chi connectivity index (χ0) is 23.5. The Balaban J connectivity index is 1.40. The second kappa shape index (κ2) is 9.40. The summed E-state index contributed by atoms with van der Waals surface area (Å²) in [6.07, 6.45) is 1.59. The molecule has 0 spiro atoms. The molecule has 5 rings (SSSR count). The highest BCUT2D eigenvalue weighted by molar-refractivity contribution is 5.51. The first-order valence-electron chi connectivity index (χ1n) is 10.9. The van der Waals surface area contributed by atoms with Gasteiger partial charge in [0, 0.05) is 49.6 Å². The van der Waals surface area contributed by atoms with Gasteiger partial charge in [0.2, 0.25) is 0 Å². The number of nitrogens with zero attached hydrogens (tertiary/aromatic N) is 7. The van der Waals surface area contributed by atoms with Gasteiger partial charge < -0.3 is 9.32 Å². The first-order chi connectivity index (χ1) is 16.6. The van der Waals surface area contributed by atoms with Crippen molar-refractivity contribution in [1.82, 2.24) is 25.1 Å². The molecule has 1 saturated heterocycles. The first-order valence-corrected chi connectivity index (χ1v) is 10.9. The van der Waals surface area contributed by atoms with E-state index in [0.717, 1.165) is 5.69 Å². The molecular weight excluding hydrogens is 441 g/mol. The summed E-state index contributed by atoms with van der Waals surface area (Å²) in [6.45, 7) is 2.93. The second-order valence-corrected chi connectivity index (χ2v) is 7.99. The molecule has 1 aliphatic rings. The molecule has 34 heavy (non-hydrogen) atoms. The number of rotatable bonds is 7. The largest absolute Gasteiger partial charge is 0.467 e. The van der Waals surface area contributed by atoms with Gasteiger partial charge in [-0.25, -0.2) is 9.07 Å². The fourth-order valence-electron chi connectivity index (χ4n) is 4.29. The molecule has 1 unspecified atom stereocenters. The summed E-state index contributed by atoms with van der Waals surface area (Å²) < 4.78 is 22.0. The van der Waals surface area contributed by atoms with E-state index in [1.807, 2.05) is 6.07 Å². The van der Waals surface area contributed by atoms with Crippen molar-refractivity contribution in [3.63, 3.8) is 0 Å². The fraction of sp³-hybridized carbons (Fsp3) is 0.261. The highest BCUT2D eigenvalue weighted by Crippen LogP contribution is 2.31. The van der Waals surface area contributed by atoms with Crippen LogP contribution in [0.15, 0.2) is 71.3 Å². The third-order valence-corrected chi connectivity index (χ3v) is 5.99. The van der Waals surface area contributed by atoms with Crippen molar-refractivity contribution in [3.8, 4) is 0 Å². The summed E-state index contributed by atoms with van der Waals surface area (Å²) in [7, 11) is 0. The molecule has 3 heterocycles. The molecule has 2 aromatic heterocycles. The number of hydrogen-bond acceptors (Lipinski definition) is 8. The normalized spacial score (nSPS) is 15.4. The molecule has 1 aliphatic heterocycles. The molecule has 174 valence electrons. The smallest absolute Gasteiger partial charge is 0.269 e. The van der Waals surface area contributed by atoms with E-state index in [1.54, 1.807) is 47.3 Å². The van der Waals surface area contributed by atoms with Crippen LogP contribution in [-0.2, 0) is 6.54 Å². The van der Waals surface area contributed by atoms with E-state index >= 15 is 0 Å². The summed E-state index contributed by atoms with van der Waals surface area (Å²) in [5.41, 5.74) is 1.47. The van der Waals surface area contributed by atoms with E-state index in [2.05, 4.69) is 25.3 Å². The molecule has 11 heteroatoms. The maximum Gasteiger partial charge on any atom is 0.269 e. The van der Waals surface area contributed by atoms with Crippen LogP contribution in [0.5, 0.6) is 0 Å². The lowest BCUT2D eigenvalue weighted by atomic mass is 10.0. The fourth-order valence-corrected chi connectivity index (χ4v) is 4.29. The minimum absolute atomic E-state index is 0.0606. The Morgan fingerprint density at radius 1 is 1.03 bits per heavy atom. The number of nitro benzene ring substituents is 1. The van der Waals surface area contributed by atoms with Gasteiger partial charge in [0.05, 0.1) is 11.2 Å². The van der Waals surface area contributed by atoms with Gasteiger partial charge in [-0.05, 0) is 40.8 Å². The number of non-ortho nitro benzene ring substituents is 1. The number of aromatic nitrogens is 4. The quantitative estimate of drug-likeness (QED) is 0.304. The van der Waals surface area contributed by atoms with Crippen LogP contribution in [-0.4, -0.2) is 56.2 Å². The number of hydrogen-bond donors (Lipinski definition) is 0. The molecule has 0 amide bonds. The van der Waals surface area contributed by atoms with Gasteiger partial charge in [-0.15, -0.1) is 5.10 Å². The minimum atomic E-state index is -0.481. The highest BCUT2D eigenvalue weighted by atomic mass is 19.1. The molecule has 4 aromatic rings. The van der Waals surface area contributed by atoms with E-state index in [-0.39, 0.29) is 11.5 Å². The Kier molecular flexibility index (Phi) is 6.00. The van der Waals surface area contributed by atoms with Crippen molar-refractivity contribution >= 4 is 11.4 Å². The number of anilines is 1. The monoisotopic (exact) mass is 463 g/mol. The highest BCUT2D eigenvalue weighted by Gasteiger charge is 2.32. The maximum absolute atomic E-state index is 15.0. The molecule has 0 aliphatic carbocycles. The Bertz CT molecular complexity index is 1250. The number of furan rings is 1. The minimum Gasteiger partial charge on any atom is -0.467 e. The number of piperazine rings is 1. The molecule has 0 bridgehead atoms. The molecule has 0 radical (unpaired) electrons. The maximum atomic E-state index is 15.0. The van der Waals surface area contributed by atoms with Gasteiger partial charge >= 0.3 is 0 Å². The van der Waals surface area contributed by atoms with Gasteiger partial charge in [0.15, 0.2) is 5.82 Å². The van der Waals surface area contributed by atoms with Crippen molar-refractivity contribution < 1.29 is 13.7 Å². The summed E-state index contributed by atoms with van der Waals surface area (Å²) in [4.78, 5) is 14.8.